The van der Waals surface area contributed by atoms with Crippen LogP contribution in [0.25, 0.3) is 0 Å². The minimum Gasteiger partial charge on any atom is -0.378 e. The van der Waals surface area contributed by atoms with E-state index in [9.17, 15) is 14.7 Å². The van der Waals surface area contributed by atoms with Gasteiger partial charge < -0.3 is 14.9 Å². The highest BCUT2D eigenvalue weighted by molar-refractivity contribution is 6.30. The van der Waals surface area contributed by atoms with Crippen LogP contribution in [0.15, 0.2) is 24.3 Å². The Balaban J connectivity index is 2.11. The zero-order valence-corrected chi connectivity index (χ0v) is 14.3. The lowest BCUT2D eigenvalue weighted by Gasteiger charge is -2.40. The lowest BCUT2D eigenvalue weighted by Crippen LogP contribution is -2.58. The number of hydrogen-bond acceptors (Lipinski definition) is 3. The number of benzene rings is 1. The molecule has 0 saturated carbocycles. The summed E-state index contributed by atoms with van der Waals surface area (Å²) in [6.07, 6.45) is 1.01. The number of β-amino-alcohol motifs (C(OH)–C–C–N with tert-alkyl or cyclic N) is 1. The zero-order chi connectivity index (χ0) is 17.0. The third-order valence-electron chi connectivity index (χ3n) is 4.27. The number of amides is 2. The summed E-state index contributed by atoms with van der Waals surface area (Å²) in [6, 6.07) is 7.29. The topological polar surface area (TPSA) is 60.9 Å². The number of aliphatic hydroxyl groups is 1. The average molecular weight is 339 g/mol. The lowest BCUT2D eigenvalue weighted by atomic mass is 9.91. The Bertz CT molecular complexity index is 576. The molecule has 0 spiro atoms. The molecule has 1 aliphatic heterocycles. The molecule has 0 bridgehead atoms. The second-order valence-corrected chi connectivity index (χ2v) is 6.46. The normalized spacial score (nSPS) is 21.1. The van der Waals surface area contributed by atoms with E-state index in [1.807, 2.05) is 19.1 Å². The first-order chi connectivity index (χ1) is 10.9. The predicted octanol–water partition coefficient (Wildman–Crippen LogP) is 2.06. The molecule has 1 saturated heterocycles. The van der Waals surface area contributed by atoms with Gasteiger partial charge >= 0.3 is 0 Å². The van der Waals surface area contributed by atoms with Crippen LogP contribution in [0.2, 0.25) is 5.02 Å². The van der Waals surface area contributed by atoms with Crippen LogP contribution in [0.1, 0.15) is 32.3 Å². The molecule has 2 rings (SSSR count). The summed E-state index contributed by atoms with van der Waals surface area (Å²) in [6.45, 7) is 4.90. The van der Waals surface area contributed by atoms with Crippen molar-refractivity contribution in [3.05, 3.63) is 34.9 Å². The van der Waals surface area contributed by atoms with Crippen LogP contribution in [0.5, 0.6) is 0 Å². The summed E-state index contributed by atoms with van der Waals surface area (Å²) in [7, 11) is 0. The summed E-state index contributed by atoms with van der Waals surface area (Å²) in [5.74, 6) is -0.433. The minimum absolute atomic E-state index is 0.0677. The molecule has 1 heterocycles. The van der Waals surface area contributed by atoms with E-state index in [1.54, 1.807) is 17.0 Å². The summed E-state index contributed by atoms with van der Waals surface area (Å²) in [5.41, 5.74) is -0.542. The third-order valence-corrected chi connectivity index (χ3v) is 4.52. The Kier molecular flexibility index (Phi) is 5.65. The van der Waals surface area contributed by atoms with Crippen LogP contribution in [0.3, 0.4) is 0 Å². The minimum atomic E-state index is -1.49. The molecule has 0 aromatic heterocycles. The van der Waals surface area contributed by atoms with Crippen molar-refractivity contribution in [3.8, 4) is 0 Å². The zero-order valence-electron chi connectivity index (χ0n) is 13.6. The van der Waals surface area contributed by atoms with Crippen molar-refractivity contribution in [3.63, 3.8) is 0 Å². The van der Waals surface area contributed by atoms with Crippen LogP contribution in [-0.4, -0.2) is 52.0 Å². The number of carbonyl (C=O) groups is 2. The molecule has 1 unspecified atom stereocenters. The molecule has 1 aromatic rings. The van der Waals surface area contributed by atoms with Crippen LogP contribution in [0, 0.1) is 0 Å². The fourth-order valence-corrected chi connectivity index (χ4v) is 3.04. The van der Waals surface area contributed by atoms with Crippen LogP contribution >= 0.6 is 11.6 Å². The smallest absolute Gasteiger partial charge is 0.256 e. The first-order valence-corrected chi connectivity index (χ1v) is 8.25. The Labute approximate surface area is 141 Å². The highest BCUT2D eigenvalue weighted by Gasteiger charge is 2.43. The van der Waals surface area contributed by atoms with E-state index in [2.05, 4.69) is 0 Å². The van der Waals surface area contributed by atoms with Gasteiger partial charge in [-0.3, -0.25) is 9.59 Å². The van der Waals surface area contributed by atoms with Gasteiger partial charge in [-0.15, -0.1) is 0 Å². The number of likely N-dealkylation sites (N-methyl/N-ethyl adjacent to an activating group) is 1. The molecule has 126 valence electrons. The second-order valence-electron chi connectivity index (χ2n) is 6.02. The highest BCUT2D eigenvalue weighted by Crippen LogP contribution is 2.24. The van der Waals surface area contributed by atoms with Crippen LogP contribution in [-0.2, 0) is 16.1 Å². The van der Waals surface area contributed by atoms with Gasteiger partial charge in [-0.25, -0.2) is 0 Å². The Morgan fingerprint density at radius 3 is 2.57 bits per heavy atom. The van der Waals surface area contributed by atoms with Gasteiger partial charge in [0.1, 0.15) is 0 Å². The fraction of sp³-hybridized carbons (Fsp3) is 0.529. The monoisotopic (exact) mass is 338 g/mol. The van der Waals surface area contributed by atoms with Gasteiger partial charge in [0.2, 0.25) is 5.91 Å². The third kappa shape index (κ3) is 4.24. The molecule has 0 aliphatic carbocycles. The van der Waals surface area contributed by atoms with Gasteiger partial charge in [-0.2, -0.15) is 0 Å². The maximum absolute atomic E-state index is 12.8. The first-order valence-electron chi connectivity index (χ1n) is 7.87. The number of carbonyl (C=O) groups excluding carboxylic acids is 2. The highest BCUT2D eigenvalue weighted by atomic mass is 35.5. The van der Waals surface area contributed by atoms with Gasteiger partial charge in [0, 0.05) is 31.6 Å². The van der Waals surface area contributed by atoms with E-state index in [4.69, 9.17) is 11.6 Å². The van der Waals surface area contributed by atoms with Gasteiger partial charge in [-0.05, 0) is 37.5 Å². The van der Waals surface area contributed by atoms with Crippen molar-refractivity contribution in [1.82, 2.24) is 9.80 Å². The van der Waals surface area contributed by atoms with E-state index in [0.717, 1.165) is 5.56 Å². The van der Waals surface area contributed by atoms with Crippen molar-refractivity contribution in [2.75, 3.05) is 19.6 Å². The number of halogens is 1. The molecule has 1 aliphatic rings. The van der Waals surface area contributed by atoms with E-state index in [0.29, 0.717) is 37.5 Å². The number of rotatable bonds is 4. The lowest BCUT2D eigenvalue weighted by molar-refractivity contribution is -0.160. The molecule has 1 N–H and O–H groups in total. The Morgan fingerprint density at radius 2 is 2.00 bits per heavy atom. The predicted molar refractivity (Wildman–Crippen MR) is 89.0 cm³/mol. The molecule has 5 nitrogen and oxygen atoms in total. The molecule has 1 atom stereocenters. The molecule has 2 amide bonds. The van der Waals surface area contributed by atoms with Gasteiger partial charge in [0.25, 0.3) is 5.91 Å². The number of nitrogens with zero attached hydrogens (tertiary/aromatic N) is 2. The van der Waals surface area contributed by atoms with Crippen molar-refractivity contribution in [2.45, 2.75) is 38.8 Å². The molecule has 1 aromatic carbocycles. The summed E-state index contributed by atoms with van der Waals surface area (Å²) < 4.78 is 0. The van der Waals surface area contributed by atoms with Gasteiger partial charge in [-0.1, -0.05) is 23.7 Å². The number of likely N-dealkylation sites (tertiary alicyclic amines) is 1. The second kappa shape index (κ2) is 7.32. The standard InChI is InChI=1S/C17H23ClN2O3/c1-3-19(11-14-5-7-15(18)8-6-14)16(22)17(23)9-4-10-20(12-17)13(2)21/h5-8,23H,3-4,9-12H2,1-2H3. The summed E-state index contributed by atoms with van der Waals surface area (Å²) in [5, 5.41) is 11.4. The Hall–Kier alpha value is -1.59. The summed E-state index contributed by atoms with van der Waals surface area (Å²) >= 11 is 5.88. The largest absolute Gasteiger partial charge is 0.378 e. The Morgan fingerprint density at radius 1 is 1.35 bits per heavy atom. The molecule has 6 heteroatoms. The van der Waals surface area contributed by atoms with E-state index in [-0.39, 0.29) is 18.4 Å². The molecule has 1 fully saturated rings. The van der Waals surface area contributed by atoms with Crippen molar-refractivity contribution in [2.24, 2.45) is 0 Å². The fourth-order valence-electron chi connectivity index (χ4n) is 2.91. The number of hydrogen-bond donors (Lipinski definition) is 1. The van der Waals surface area contributed by atoms with Gasteiger partial charge in [0.15, 0.2) is 5.60 Å². The summed E-state index contributed by atoms with van der Waals surface area (Å²) in [4.78, 5) is 27.5. The van der Waals surface area contributed by atoms with E-state index >= 15 is 0 Å². The number of piperidine rings is 1. The van der Waals surface area contributed by atoms with Crippen LogP contribution < -0.4 is 0 Å². The van der Waals surface area contributed by atoms with E-state index < -0.39 is 5.60 Å². The molecular weight excluding hydrogens is 316 g/mol. The SMILES string of the molecule is CCN(Cc1ccc(Cl)cc1)C(=O)C1(O)CCCN(C(C)=O)C1. The van der Waals surface area contributed by atoms with Crippen LogP contribution in [0.4, 0.5) is 0 Å². The molecule has 0 radical (unpaired) electrons. The van der Waals surface area contributed by atoms with Gasteiger partial charge in [0.05, 0.1) is 6.54 Å². The maximum Gasteiger partial charge on any atom is 0.256 e. The molecule has 23 heavy (non-hydrogen) atoms. The van der Waals surface area contributed by atoms with Crippen molar-refractivity contribution >= 4 is 23.4 Å². The molecular formula is C17H23ClN2O3. The van der Waals surface area contributed by atoms with Crippen molar-refractivity contribution < 1.29 is 14.7 Å². The maximum atomic E-state index is 12.8. The average Bonchev–Trinajstić information content (AvgIpc) is 2.53. The van der Waals surface area contributed by atoms with E-state index in [1.165, 1.54) is 11.8 Å². The quantitative estimate of drug-likeness (QED) is 0.914. The van der Waals surface area contributed by atoms with Crippen molar-refractivity contribution in [1.29, 1.82) is 0 Å². The first kappa shape index (κ1) is 17.8.